The molecule has 0 saturated carbocycles. The summed E-state index contributed by atoms with van der Waals surface area (Å²) < 4.78 is 13.2. The van der Waals surface area contributed by atoms with Crippen molar-refractivity contribution in [3.8, 4) is 28.4 Å². The zero-order valence-electron chi connectivity index (χ0n) is 19.4. The number of carbonyl (C=O) groups is 1. The molecule has 6 nitrogen and oxygen atoms in total. The fraction of sp³-hybridized carbons (Fsp3) is 0.107. The van der Waals surface area contributed by atoms with Crippen molar-refractivity contribution in [3.05, 3.63) is 101 Å². The highest BCUT2D eigenvalue weighted by Gasteiger charge is 2.33. The van der Waals surface area contributed by atoms with E-state index in [1.54, 1.807) is 4.90 Å². The fourth-order valence-corrected chi connectivity index (χ4v) is 5.39. The summed E-state index contributed by atoms with van der Waals surface area (Å²) in [7, 11) is 0. The predicted octanol–water partition coefficient (Wildman–Crippen LogP) is 5.98. The first kappa shape index (κ1) is 22.6. The van der Waals surface area contributed by atoms with Gasteiger partial charge in [0.15, 0.2) is 11.5 Å². The van der Waals surface area contributed by atoms with E-state index >= 15 is 0 Å². The van der Waals surface area contributed by atoms with E-state index in [4.69, 9.17) is 26.8 Å². The maximum absolute atomic E-state index is 13.4. The van der Waals surface area contributed by atoms with E-state index in [-0.39, 0.29) is 12.7 Å². The molecule has 0 atom stereocenters. The first-order valence-corrected chi connectivity index (χ1v) is 12.6. The number of benzene rings is 3. The van der Waals surface area contributed by atoms with Crippen LogP contribution in [0.1, 0.15) is 16.7 Å². The van der Waals surface area contributed by atoms with Crippen LogP contribution >= 0.6 is 24.0 Å². The second kappa shape index (κ2) is 9.29. The molecule has 1 amide bonds. The minimum absolute atomic E-state index is 0.120. The van der Waals surface area contributed by atoms with E-state index in [2.05, 4.69) is 31.2 Å². The molecule has 3 heterocycles. The Morgan fingerprint density at radius 1 is 1.03 bits per heavy atom. The molecule has 8 heteroatoms. The van der Waals surface area contributed by atoms with Crippen LogP contribution in [0, 0.1) is 6.92 Å². The van der Waals surface area contributed by atoms with Crippen LogP contribution in [0.4, 0.5) is 0 Å². The van der Waals surface area contributed by atoms with E-state index < -0.39 is 0 Å². The highest BCUT2D eigenvalue weighted by atomic mass is 32.2. The summed E-state index contributed by atoms with van der Waals surface area (Å²) in [5.41, 5.74) is 5.69. The second-order valence-corrected chi connectivity index (χ2v) is 10.2. The molecule has 0 N–H and O–H groups in total. The summed E-state index contributed by atoms with van der Waals surface area (Å²) in [6.07, 6.45) is 3.84. The highest BCUT2D eigenvalue weighted by Crippen LogP contribution is 2.37. The van der Waals surface area contributed by atoms with E-state index in [1.807, 2.05) is 65.5 Å². The summed E-state index contributed by atoms with van der Waals surface area (Å²) in [5.74, 6) is 1.28. The number of rotatable bonds is 5. The van der Waals surface area contributed by atoms with Crippen molar-refractivity contribution in [1.29, 1.82) is 0 Å². The van der Waals surface area contributed by atoms with Gasteiger partial charge in [-0.1, -0.05) is 78.1 Å². The van der Waals surface area contributed by atoms with Gasteiger partial charge in [0.1, 0.15) is 4.32 Å². The monoisotopic (exact) mass is 511 g/mol. The lowest BCUT2D eigenvalue weighted by Crippen LogP contribution is -2.27. The first-order valence-electron chi connectivity index (χ1n) is 11.4. The van der Waals surface area contributed by atoms with Crippen molar-refractivity contribution < 1.29 is 14.3 Å². The van der Waals surface area contributed by atoms with Crippen LogP contribution in [0.5, 0.6) is 11.5 Å². The van der Waals surface area contributed by atoms with Gasteiger partial charge < -0.3 is 9.47 Å². The average molecular weight is 512 g/mol. The Kier molecular flexibility index (Phi) is 5.83. The average Bonchev–Trinajstić information content (AvgIpc) is 3.60. The van der Waals surface area contributed by atoms with Gasteiger partial charge in [-0.2, -0.15) is 5.10 Å². The summed E-state index contributed by atoms with van der Waals surface area (Å²) in [5, 5.41) is 4.87. The molecule has 1 fully saturated rings. The molecule has 3 aromatic carbocycles. The first-order chi connectivity index (χ1) is 17.5. The third kappa shape index (κ3) is 4.29. The number of fused-ring (bicyclic) bond motifs is 1. The maximum Gasteiger partial charge on any atom is 0.266 e. The SMILES string of the molecule is Cc1ccc(-c2nn(-c3ccccc3)cc2/C=C2\SC(=S)N(Cc3ccc4c(c3)OCO4)C2=O)cc1. The number of thiocarbonyl (C=S) groups is 1. The Bertz CT molecular complexity index is 1510. The van der Waals surface area contributed by atoms with Crippen molar-refractivity contribution >= 4 is 40.3 Å². The molecule has 2 aliphatic rings. The minimum atomic E-state index is -0.120. The number of ether oxygens (including phenoxy) is 2. The highest BCUT2D eigenvalue weighted by molar-refractivity contribution is 8.26. The molecule has 1 saturated heterocycles. The van der Waals surface area contributed by atoms with Crippen molar-refractivity contribution in [2.75, 3.05) is 6.79 Å². The Morgan fingerprint density at radius 3 is 2.61 bits per heavy atom. The number of thioether (sulfide) groups is 1. The lowest BCUT2D eigenvalue weighted by Gasteiger charge is -2.14. The number of aryl methyl sites for hydroxylation is 1. The van der Waals surface area contributed by atoms with Crippen LogP contribution in [-0.4, -0.2) is 31.7 Å². The second-order valence-electron chi connectivity index (χ2n) is 8.53. The van der Waals surface area contributed by atoms with E-state index in [0.717, 1.165) is 28.1 Å². The molecule has 0 bridgehead atoms. The summed E-state index contributed by atoms with van der Waals surface area (Å²) in [6.45, 7) is 2.63. The lowest BCUT2D eigenvalue weighted by molar-refractivity contribution is -0.122. The van der Waals surface area contributed by atoms with Crippen molar-refractivity contribution in [2.24, 2.45) is 0 Å². The Hall–Kier alpha value is -3.88. The van der Waals surface area contributed by atoms with Crippen LogP contribution in [0.3, 0.4) is 0 Å². The van der Waals surface area contributed by atoms with Gasteiger partial charge in [-0.25, -0.2) is 4.68 Å². The topological polar surface area (TPSA) is 56.6 Å². The van der Waals surface area contributed by atoms with E-state index in [0.29, 0.717) is 27.3 Å². The van der Waals surface area contributed by atoms with Crippen molar-refractivity contribution in [2.45, 2.75) is 13.5 Å². The molecule has 0 spiro atoms. The molecule has 2 aliphatic heterocycles. The summed E-state index contributed by atoms with van der Waals surface area (Å²) in [4.78, 5) is 15.6. The molecule has 6 rings (SSSR count). The van der Waals surface area contributed by atoms with Crippen LogP contribution < -0.4 is 9.47 Å². The molecule has 1 aromatic heterocycles. The Balaban J connectivity index is 1.33. The lowest BCUT2D eigenvalue weighted by atomic mass is 10.1. The van der Waals surface area contributed by atoms with E-state index in [1.165, 1.54) is 17.3 Å². The molecule has 178 valence electrons. The number of hydrogen-bond acceptors (Lipinski definition) is 6. The van der Waals surface area contributed by atoms with Crippen LogP contribution in [0.25, 0.3) is 23.0 Å². The van der Waals surface area contributed by atoms with Gasteiger partial charge in [0.25, 0.3) is 5.91 Å². The quantitative estimate of drug-likeness (QED) is 0.243. The van der Waals surface area contributed by atoms with Gasteiger partial charge >= 0.3 is 0 Å². The van der Waals surface area contributed by atoms with Gasteiger partial charge in [0, 0.05) is 17.3 Å². The van der Waals surface area contributed by atoms with Gasteiger partial charge in [-0.15, -0.1) is 0 Å². The molecule has 0 radical (unpaired) electrons. The van der Waals surface area contributed by atoms with Crippen LogP contribution in [0.15, 0.2) is 83.9 Å². The third-order valence-electron chi connectivity index (χ3n) is 6.03. The van der Waals surface area contributed by atoms with Gasteiger partial charge in [-0.3, -0.25) is 9.69 Å². The molecule has 4 aromatic rings. The molecule has 36 heavy (non-hydrogen) atoms. The zero-order chi connectivity index (χ0) is 24.6. The number of hydrogen-bond donors (Lipinski definition) is 0. The van der Waals surface area contributed by atoms with Crippen LogP contribution in [0.2, 0.25) is 0 Å². The predicted molar refractivity (Wildman–Crippen MR) is 145 cm³/mol. The molecule has 0 unspecified atom stereocenters. The van der Waals surface area contributed by atoms with Gasteiger partial charge in [0.05, 0.1) is 22.8 Å². The smallest absolute Gasteiger partial charge is 0.266 e. The Morgan fingerprint density at radius 2 is 1.81 bits per heavy atom. The summed E-state index contributed by atoms with van der Waals surface area (Å²) >= 11 is 6.89. The van der Waals surface area contributed by atoms with Crippen LogP contribution in [-0.2, 0) is 11.3 Å². The molecular formula is C28H21N3O3S2. The summed E-state index contributed by atoms with van der Waals surface area (Å²) in [6, 6.07) is 23.8. The van der Waals surface area contributed by atoms with Gasteiger partial charge in [0.2, 0.25) is 6.79 Å². The maximum atomic E-state index is 13.4. The third-order valence-corrected chi connectivity index (χ3v) is 7.40. The zero-order valence-corrected chi connectivity index (χ0v) is 21.0. The molecule has 0 aliphatic carbocycles. The van der Waals surface area contributed by atoms with E-state index in [9.17, 15) is 4.79 Å². The Labute approximate surface area is 218 Å². The number of aromatic nitrogens is 2. The van der Waals surface area contributed by atoms with Crippen molar-refractivity contribution in [3.63, 3.8) is 0 Å². The fourth-order valence-electron chi connectivity index (χ4n) is 4.14. The normalized spacial score (nSPS) is 15.8. The molecular weight excluding hydrogens is 490 g/mol. The number of amides is 1. The number of carbonyl (C=O) groups excluding carboxylic acids is 1. The standard InChI is InChI=1S/C28H21N3O3S2/c1-18-7-10-20(11-8-18)26-21(16-31(29-26)22-5-3-2-4-6-22)14-25-27(32)30(28(35)36-25)15-19-9-12-23-24(13-19)34-17-33-23/h2-14,16H,15,17H2,1H3/b25-14-. The number of para-hydroxylation sites is 1. The largest absolute Gasteiger partial charge is 0.454 e. The van der Waals surface area contributed by atoms with Crippen molar-refractivity contribution in [1.82, 2.24) is 14.7 Å². The minimum Gasteiger partial charge on any atom is -0.454 e. The van der Waals surface area contributed by atoms with Gasteiger partial charge in [-0.05, 0) is 42.8 Å². The number of nitrogens with zero attached hydrogens (tertiary/aromatic N) is 3.